The highest BCUT2D eigenvalue weighted by Gasteiger charge is 2.40. The van der Waals surface area contributed by atoms with Gasteiger partial charge in [-0.25, -0.2) is 9.97 Å². The zero-order chi connectivity index (χ0) is 19.7. The minimum atomic E-state index is -0.439. The summed E-state index contributed by atoms with van der Waals surface area (Å²) in [4.78, 5) is 27.8. The van der Waals surface area contributed by atoms with Crippen LogP contribution in [-0.2, 0) is 9.47 Å². The maximum absolute atomic E-state index is 12.8. The first-order chi connectivity index (χ1) is 14.2. The lowest BCUT2D eigenvalue weighted by Gasteiger charge is -2.38. The number of carbonyl (C=O) groups excluding carboxylic acids is 1. The predicted molar refractivity (Wildman–Crippen MR) is 108 cm³/mol. The number of para-hydroxylation sites is 1. The van der Waals surface area contributed by atoms with E-state index in [2.05, 4.69) is 25.2 Å². The summed E-state index contributed by atoms with van der Waals surface area (Å²) >= 11 is 0. The van der Waals surface area contributed by atoms with Crippen molar-refractivity contribution < 1.29 is 14.3 Å². The van der Waals surface area contributed by atoms with Crippen LogP contribution in [0.4, 0.5) is 11.5 Å². The summed E-state index contributed by atoms with van der Waals surface area (Å²) in [5.41, 5.74) is 1.72. The van der Waals surface area contributed by atoms with E-state index in [1.54, 1.807) is 12.3 Å². The third-order valence-corrected chi connectivity index (χ3v) is 5.43. The first-order valence-corrected chi connectivity index (χ1v) is 9.73. The number of hydrogen-bond acceptors (Lipinski definition) is 7. The first kappa shape index (κ1) is 18.0. The van der Waals surface area contributed by atoms with E-state index in [0.717, 1.165) is 42.7 Å². The van der Waals surface area contributed by atoms with E-state index >= 15 is 0 Å². The summed E-state index contributed by atoms with van der Waals surface area (Å²) in [6, 6.07) is 11.2. The van der Waals surface area contributed by atoms with Gasteiger partial charge in [-0.1, -0.05) is 18.2 Å². The van der Waals surface area contributed by atoms with Gasteiger partial charge in [-0.15, -0.1) is 0 Å². The Balaban J connectivity index is 1.32. The minimum absolute atomic E-state index is 0.289. The van der Waals surface area contributed by atoms with Crippen LogP contribution >= 0.6 is 0 Å². The van der Waals surface area contributed by atoms with Crippen molar-refractivity contribution in [1.29, 1.82) is 0 Å². The highest BCUT2D eigenvalue weighted by atomic mass is 16.7. The van der Waals surface area contributed by atoms with Crippen LogP contribution in [0.5, 0.6) is 0 Å². The van der Waals surface area contributed by atoms with Gasteiger partial charge in [0.25, 0.3) is 5.91 Å². The normalized spacial score (nSPS) is 18.3. The molecule has 29 heavy (non-hydrogen) atoms. The molecule has 8 nitrogen and oxygen atoms in total. The summed E-state index contributed by atoms with van der Waals surface area (Å²) in [6.45, 7) is 2.82. The number of rotatable bonds is 3. The molecule has 1 amide bonds. The van der Waals surface area contributed by atoms with Crippen molar-refractivity contribution >= 4 is 28.3 Å². The fraction of sp³-hybridized carbons (Fsp3) is 0.333. The molecular formula is C21H21N5O3. The molecule has 2 fully saturated rings. The molecule has 1 aromatic carbocycles. The SMILES string of the molecule is O=C(Nc1cccc2cccnc12)c1cc(N2CCC3(CC2)OCCO3)ncn1. The molecule has 2 aliphatic rings. The number of carbonyl (C=O) groups is 1. The first-order valence-electron chi connectivity index (χ1n) is 9.73. The molecule has 5 rings (SSSR count). The molecule has 8 heteroatoms. The van der Waals surface area contributed by atoms with Gasteiger partial charge in [0.2, 0.25) is 0 Å². The van der Waals surface area contributed by atoms with Gasteiger partial charge in [-0.2, -0.15) is 0 Å². The van der Waals surface area contributed by atoms with E-state index in [4.69, 9.17) is 9.47 Å². The highest BCUT2D eigenvalue weighted by Crippen LogP contribution is 2.32. The quantitative estimate of drug-likeness (QED) is 0.734. The standard InChI is InChI=1S/C21H21N5O3/c27-20(25-16-5-1-3-15-4-2-8-22-19(15)16)17-13-18(24-14-23-17)26-9-6-21(7-10-26)28-11-12-29-21/h1-5,8,13-14H,6-7,9-12H2,(H,25,27). The number of amides is 1. The van der Waals surface area contributed by atoms with Crippen molar-refractivity contribution in [2.24, 2.45) is 0 Å². The van der Waals surface area contributed by atoms with Crippen LogP contribution in [0.1, 0.15) is 23.3 Å². The second-order valence-corrected chi connectivity index (χ2v) is 7.19. The Hall–Kier alpha value is -3.10. The van der Waals surface area contributed by atoms with Crippen LogP contribution in [0.2, 0.25) is 0 Å². The molecule has 0 aliphatic carbocycles. The number of pyridine rings is 1. The second kappa shape index (κ2) is 7.38. The Kier molecular flexibility index (Phi) is 4.57. The molecule has 3 aromatic rings. The van der Waals surface area contributed by atoms with Gasteiger partial charge in [-0.05, 0) is 12.1 Å². The van der Waals surface area contributed by atoms with Crippen LogP contribution in [0.25, 0.3) is 10.9 Å². The van der Waals surface area contributed by atoms with Crippen LogP contribution in [-0.4, -0.2) is 52.9 Å². The van der Waals surface area contributed by atoms with E-state index in [0.29, 0.717) is 24.6 Å². The monoisotopic (exact) mass is 391 g/mol. The van der Waals surface area contributed by atoms with Crippen molar-refractivity contribution in [2.45, 2.75) is 18.6 Å². The molecule has 0 saturated carbocycles. The third kappa shape index (κ3) is 3.52. The third-order valence-electron chi connectivity index (χ3n) is 5.43. The summed E-state index contributed by atoms with van der Waals surface area (Å²) in [6.07, 6.45) is 4.70. The number of nitrogens with one attached hydrogen (secondary N) is 1. The molecule has 1 N–H and O–H groups in total. The number of hydrogen-bond donors (Lipinski definition) is 1. The average molecular weight is 391 g/mol. The van der Waals surface area contributed by atoms with E-state index in [1.165, 1.54) is 6.33 Å². The lowest BCUT2D eigenvalue weighted by molar-refractivity contribution is -0.169. The Morgan fingerprint density at radius 2 is 1.83 bits per heavy atom. The lowest BCUT2D eigenvalue weighted by atomic mass is 10.0. The van der Waals surface area contributed by atoms with E-state index in [-0.39, 0.29) is 5.91 Å². The van der Waals surface area contributed by atoms with E-state index in [9.17, 15) is 4.79 Å². The Labute approximate surface area is 167 Å². The molecule has 0 atom stereocenters. The van der Waals surface area contributed by atoms with Gasteiger partial charge in [0, 0.05) is 43.6 Å². The zero-order valence-electron chi connectivity index (χ0n) is 15.9. The number of piperidine rings is 1. The van der Waals surface area contributed by atoms with E-state index in [1.807, 2.05) is 30.3 Å². The van der Waals surface area contributed by atoms with Crippen LogP contribution in [0.15, 0.2) is 48.9 Å². The molecule has 1 spiro atoms. The Morgan fingerprint density at radius 1 is 1.03 bits per heavy atom. The number of nitrogens with zero attached hydrogens (tertiary/aromatic N) is 4. The lowest BCUT2D eigenvalue weighted by Crippen LogP contribution is -2.45. The van der Waals surface area contributed by atoms with Gasteiger partial charge in [-0.3, -0.25) is 9.78 Å². The minimum Gasteiger partial charge on any atom is -0.356 e. The van der Waals surface area contributed by atoms with Crippen LogP contribution < -0.4 is 10.2 Å². The van der Waals surface area contributed by atoms with Gasteiger partial charge in [0.05, 0.1) is 24.4 Å². The largest absolute Gasteiger partial charge is 0.356 e. The van der Waals surface area contributed by atoms with E-state index < -0.39 is 5.79 Å². The maximum Gasteiger partial charge on any atom is 0.274 e. The highest BCUT2D eigenvalue weighted by molar-refractivity contribution is 6.07. The summed E-state index contributed by atoms with van der Waals surface area (Å²) in [5, 5.41) is 3.89. The Bertz CT molecular complexity index is 1040. The van der Waals surface area contributed by atoms with Crippen molar-refractivity contribution in [2.75, 3.05) is 36.5 Å². The zero-order valence-corrected chi connectivity index (χ0v) is 15.9. The van der Waals surface area contributed by atoms with Crippen molar-refractivity contribution in [3.05, 3.63) is 54.6 Å². The molecular weight excluding hydrogens is 370 g/mol. The predicted octanol–water partition coefficient (Wildman–Crippen LogP) is 2.62. The van der Waals surface area contributed by atoms with Gasteiger partial charge >= 0.3 is 0 Å². The number of benzene rings is 1. The molecule has 2 saturated heterocycles. The molecule has 148 valence electrons. The maximum atomic E-state index is 12.8. The fourth-order valence-corrected chi connectivity index (χ4v) is 3.90. The summed E-state index contributed by atoms with van der Waals surface area (Å²) in [5.74, 6) is 0.00208. The topological polar surface area (TPSA) is 89.5 Å². The van der Waals surface area contributed by atoms with Gasteiger partial charge < -0.3 is 19.7 Å². The molecule has 4 heterocycles. The second-order valence-electron chi connectivity index (χ2n) is 7.19. The summed E-state index contributed by atoms with van der Waals surface area (Å²) < 4.78 is 11.6. The number of ether oxygens (including phenoxy) is 2. The van der Waals surface area contributed by atoms with Crippen LogP contribution in [0.3, 0.4) is 0 Å². The van der Waals surface area contributed by atoms with Crippen molar-refractivity contribution in [3.63, 3.8) is 0 Å². The van der Waals surface area contributed by atoms with Crippen molar-refractivity contribution in [1.82, 2.24) is 15.0 Å². The molecule has 0 bridgehead atoms. The molecule has 0 unspecified atom stereocenters. The Morgan fingerprint density at radius 3 is 2.66 bits per heavy atom. The fourth-order valence-electron chi connectivity index (χ4n) is 3.90. The molecule has 0 radical (unpaired) electrons. The number of anilines is 2. The van der Waals surface area contributed by atoms with Crippen molar-refractivity contribution in [3.8, 4) is 0 Å². The smallest absolute Gasteiger partial charge is 0.274 e. The summed E-state index contributed by atoms with van der Waals surface area (Å²) in [7, 11) is 0. The molecule has 2 aromatic heterocycles. The number of fused-ring (bicyclic) bond motifs is 1. The average Bonchev–Trinajstić information content (AvgIpc) is 3.22. The molecule has 2 aliphatic heterocycles. The number of aromatic nitrogens is 3. The van der Waals surface area contributed by atoms with Crippen LogP contribution in [0, 0.1) is 0 Å². The van der Waals surface area contributed by atoms with Gasteiger partial charge in [0.15, 0.2) is 5.79 Å². The van der Waals surface area contributed by atoms with Gasteiger partial charge in [0.1, 0.15) is 17.8 Å².